The number of piperidine rings is 1. The van der Waals surface area contributed by atoms with Gasteiger partial charge >= 0.3 is 6.09 Å². The molecule has 0 unspecified atom stereocenters. The highest BCUT2D eigenvalue weighted by Gasteiger charge is 2.30. The molecule has 1 amide bonds. The smallest absolute Gasteiger partial charge is 0.409 e. The van der Waals surface area contributed by atoms with E-state index in [0.29, 0.717) is 31.7 Å². The van der Waals surface area contributed by atoms with Crippen molar-refractivity contribution in [3.05, 3.63) is 18.1 Å². The van der Waals surface area contributed by atoms with Gasteiger partial charge in [-0.1, -0.05) is 0 Å². The minimum Gasteiger partial charge on any atom is -0.450 e. The second-order valence-corrected chi connectivity index (χ2v) is 6.25. The Bertz CT molecular complexity index is 540. The maximum atomic E-state index is 11.7. The van der Waals surface area contributed by atoms with E-state index < -0.39 is 0 Å². The summed E-state index contributed by atoms with van der Waals surface area (Å²) in [6, 6.07) is 2.28. The zero-order valence-corrected chi connectivity index (χ0v) is 13.4. The second kappa shape index (κ2) is 7.12. The first-order valence-corrected chi connectivity index (χ1v) is 8.34. The van der Waals surface area contributed by atoms with Gasteiger partial charge in [0.15, 0.2) is 0 Å². The van der Waals surface area contributed by atoms with E-state index in [1.165, 1.54) is 0 Å². The topological polar surface area (TPSA) is 87.6 Å². The highest BCUT2D eigenvalue weighted by atomic mass is 16.6. The molecule has 1 aliphatic heterocycles. The van der Waals surface area contributed by atoms with Crippen LogP contribution in [0.4, 0.5) is 10.6 Å². The lowest BCUT2D eigenvalue weighted by molar-refractivity contribution is 0.0732. The Kier molecular flexibility index (Phi) is 4.95. The quantitative estimate of drug-likeness (QED) is 0.879. The fraction of sp³-hybridized carbons (Fsp3) is 0.688. The van der Waals surface area contributed by atoms with Gasteiger partial charge in [0, 0.05) is 36.8 Å². The number of hydrogen-bond donors (Lipinski definition) is 2. The molecule has 2 fully saturated rings. The fourth-order valence-electron chi connectivity index (χ4n) is 3.13. The molecule has 23 heavy (non-hydrogen) atoms. The number of anilines is 1. The van der Waals surface area contributed by atoms with Crippen LogP contribution in [0.2, 0.25) is 0 Å². The van der Waals surface area contributed by atoms with Crippen molar-refractivity contribution in [1.82, 2.24) is 14.9 Å². The SMILES string of the molecule is CCOC(=O)N1CCC(Nc2cc(C3CC(O)C3)ncn2)CC1. The number of ether oxygens (including phenoxy) is 1. The van der Waals surface area contributed by atoms with Gasteiger partial charge in [-0.15, -0.1) is 0 Å². The Morgan fingerprint density at radius 3 is 2.78 bits per heavy atom. The molecule has 2 heterocycles. The molecule has 7 nitrogen and oxygen atoms in total. The molecule has 3 rings (SSSR count). The van der Waals surface area contributed by atoms with Crippen LogP contribution < -0.4 is 5.32 Å². The van der Waals surface area contributed by atoms with Crippen molar-refractivity contribution in [2.45, 2.75) is 50.7 Å². The van der Waals surface area contributed by atoms with Gasteiger partial charge in [-0.2, -0.15) is 0 Å². The first kappa shape index (κ1) is 16.0. The fourth-order valence-corrected chi connectivity index (χ4v) is 3.13. The van der Waals surface area contributed by atoms with E-state index >= 15 is 0 Å². The minimum absolute atomic E-state index is 0.182. The van der Waals surface area contributed by atoms with Crippen molar-refractivity contribution < 1.29 is 14.6 Å². The number of carbonyl (C=O) groups is 1. The van der Waals surface area contributed by atoms with Crippen LogP contribution >= 0.6 is 0 Å². The van der Waals surface area contributed by atoms with E-state index in [4.69, 9.17) is 4.74 Å². The van der Waals surface area contributed by atoms with E-state index in [9.17, 15) is 9.90 Å². The molecule has 1 aromatic rings. The summed E-state index contributed by atoms with van der Waals surface area (Å²) < 4.78 is 5.03. The first-order valence-electron chi connectivity index (χ1n) is 8.34. The second-order valence-electron chi connectivity index (χ2n) is 6.25. The number of nitrogens with one attached hydrogen (secondary N) is 1. The van der Waals surface area contributed by atoms with Gasteiger partial charge in [-0.05, 0) is 32.6 Å². The Morgan fingerprint density at radius 2 is 2.13 bits per heavy atom. The largest absolute Gasteiger partial charge is 0.450 e. The van der Waals surface area contributed by atoms with E-state index in [-0.39, 0.29) is 12.2 Å². The summed E-state index contributed by atoms with van der Waals surface area (Å²) in [5.41, 5.74) is 0.997. The number of hydrogen-bond acceptors (Lipinski definition) is 6. The van der Waals surface area contributed by atoms with E-state index in [1.54, 1.807) is 11.2 Å². The molecule has 2 aliphatic rings. The molecule has 1 saturated heterocycles. The van der Waals surface area contributed by atoms with Gasteiger partial charge in [0.2, 0.25) is 0 Å². The average Bonchev–Trinajstić information content (AvgIpc) is 2.53. The Balaban J connectivity index is 1.51. The lowest BCUT2D eigenvalue weighted by Gasteiger charge is -2.32. The van der Waals surface area contributed by atoms with Crippen LogP contribution in [0.15, 0.2) is 12.4 Å². The van der Waals surface area contributed by atoms with Crippen LogP contribution in [0.3, 0.4) is 0 Å². The van der Waals surface area contributed by atoms with Gasteiger partial charge in [-0.25, -0.2) is 14.8 Å². The van der Waals surface area contributed by atoms with E-state index in [1.807, 2.05) is 13.0 Å². The number of aliphatic hydroxyl groups excluding tert-OH is 1. The summed E-state index contributed by atoms with van der Waals surface area (Å²) in [4.78, 5) is 22.0. The molecule has 0 spiro atoms. The normalized spacial score (nSPS) is 24.9. The van der Waals surface area contributed by atoms with Crippen molar-refractivity contribution in [2.24, 2.45) is 0 Å². The lowest BCUT2D eigenvalue weighted by atomic mass is 9.80. The number of aliphatic hydroxyl groups is 1. The van der Waals surface area contributed by atoms with Crippen LogP contribution in [0.1, 0.15) is 44.2 Å². The molecule has 2 N–H and O–H groups in total. The van der Waals surface area contributed by atoms with Crippen molar-refractivity contribution in [3.8, 4) is 0 Å². The Morgan fingerprint density at radius 1 is 1.39 bits per heavy atom. The zero-order valence-electron chi connectivity index (χ0n) is 13.4. The average molecular weight is 320 g/mol. The van der Waals surface area contributed by atoms with Gasteiger partial charge in [0.1, 0.15) is 12.1 Å². The predicted octanol–water partition coefficient (Wildman–Crippen LogP) is 1.75. The molecule has 1 saturated carbocycles. The van der Waals surface area contributed by atoms with Crippen molar-refractivity contribution in [2.75, 3.05) is 25.0 Å². The lowest BCUT2D eigenvalue weighted by Crippen LogP contribution is -2.42. The van der Waals surface area contributed by atoms with E-state index in [2.05, 4.69) is 15.3 Å². The summed E-state index contributed by atoms with van der Waals surface area (Å²) in [6.07, 6.45) is 4.50. The summed E-state index contributed by atoms with van der Waals surface area (Å²) in [6.45, 7) is 3.63. The molecule has 1 aromatic heterocycles. The third kappa shape index (κ3) is 3.90. The number of amides is 1. The number of likely N-dealkylation sites (tertiary alicyclic amines) is 1. The van der Waals surface area contributed by atoms with Crippen LogP contribution in [0.5, 0.6) is 0 Å². The third-order valence-electron chi connectivity index (χ3n) is 4.59. The summed E-state index contributed by atoms with van der Waals surface area (Å²) in [7, 11) is 0. The highest BCUT2D eigenvalue weighted by Crippen LogP contribution is 2.36. The highest BCUT2D eigenvalue weighted by molar-refractivity contribution is 5.67. The maximum absolute atomic E-state index is 11.7. The maximum Gasteiger partial charge on any atom is 0.409 e. The molecular formula is C16H24N4O3. The summed E-state index contributed by atoms with van der Waals surface area (Å²) in [5.74, 6) is 1.17. The molecule has 0 aromatic carbocycles. The van der Waals surface area contributed by atoms with Gasteiger partial charge in [0.05, 0.1) is 12.7 Å². The molecule has 0 atom stereocenters. The number of rotatable bonds is 4. The number of carbonyl (C=O) groups excluding carboxylic acids is 1. The van der Waals surface area contributed by atoms with Crippen molar-refractivity contribution >= 4 is 11.9 Å². The Hall–Kier alpha value is -1.89. The molecular weight excluding hydrogens is 296 g/mol. The monoisotopic (exact) mass is 320 g/mol. The number of nitrogens with zero attached hydrogens (tertiary/aromatic N) is 3. The van der Waals surface area contributed by atoms with E-state index in [0.717, 1.165) is 37.2 Å². The van der Waals surface area contributed by atoms with Gasteiger partial charge in [0.25, 0.3) is 0 Å². The standard InChI is InChI=1S/C16H24N4O3/c1-2-23-16(22)20-5-3-12(4-6-20)19-15-9-14(17-10-18-15)11-7-13(21)8-11/h9-13,21H,2-8H2,1H3,(H,17,18,19). The van der Waals surface area contributed by atoms with Crippen LogP contribution in [0.25, 0.3) is 0 Å². The molecule has 1 aliphatic carbocycles. The van der Waals surface area contributed by atoms with Gasteiger partial charge < -0.3 is 20.1 Å². The molecule has 0 radical (unpaired) electrons. The first-order chi connectivity index (χ1) is 11.2. The molecule has 7 heteroatoms. The molecule has 0 bridgehead atoms. The number of aromatic nitrogens is 2. The predicted molar refractivity (Wildman–Crippen MR) is 85.3 cm³/mol. The van der Waals surface area contributed by atoms with Gasteiger partial charge in [-0.3, -0.25) is 0 Å². The third-order valence-corrected chi connectivity index (χ3v) is 4.59. The molecule has 126 valence electrons. The summed E-state index contributed by atoms with van der Waals surface area (Å²) >= 11 is 0. The van der Waals surface area contributed by atoms with Crippen LogP contribution in [-0.4, -0.2) is 57.9 Å². The Labute approximate surface area is 136 Å². The zero-order chi connectivity index (χ0) is 16.2. The van der Waals surface area contributed by atoms with Crippen LogP contribution in [-0.2, 0) is 4.74 Å². The van der Waals surface area contributed by atoms with Crippen molar-refractivity contribution in [1.29, 1.82) is 0 Å². The van der Waals surface area contributed by atoms with Crippen LogP contribution in [0, 0.1) is 0 Å². The van der Waals surface area contributed by atoms with Crippen molar-refractivity contribution in [3.63, 3.8) is 0 Å². The summed E-state index contributed by atoms with van der Waals surface area (Å²) in [5, 5.41) is 12.9. The minimum atomic E-state index is -0.223.